The molecule has 0 aromatic carbocycles. The van der Waals surface area contributed by atoms with Crippen LogP contribution in [0, 0.1) is 0 Å². The minimum atomic E-state index is 1.00. The molecule has 0 aliphatic carbocycles. The van der Waals surface area contributed by atoms with Gasteiger partial charge in [0.2, 0.25) is 0 Å². The summed E-state index contributed by atoms with van der Waals surface area (Å²) in [6.07, 6.45) is 3.25. The Kier molecular flexibility index (Phi) is 3.81. The summed E-state index contributed by atoms with van der Waals surface area (Å²) in [5.74, 6) is 0. The van der Waals surface area contributed by atoms with Crippen LogP contribution in [0.3, 0.4) is 0 Å². The van der Waals surface area contributed by atoms with E-state index >= 15 is 0 Å². The van der Waals surface area contributed by atoms with Gasteiger partial charge in [0.25, 0.3) is 0 Å². The zero-order chi connectivity index (χ0) is 8.04. The van der Waals surface area contributed by atoms with Crippen molar-refractivity contribution in [3.05, 3.63) is 24.7 Å². The van der Waals surface area contributed by atoms with Crippen molar-refractivity contribution in [1.82, 2.24) is 0 Å². The van der Waals surface area contributed by atoms with Crippen LogP contribution < -0.4 is 0 Å². The molecular formula is C8H16NO+. The van der Waals surface area contributed by atoms with E-state index in [4.69, 9.17) is 0 Å². The highest BCUT2D eigenvalue weighted by molar-refractivity contribution is 4.79. The molecule has 0 aliphatic rings. The summed E-state index contributed by atoms with van der Waals surface area (Å²) in [5, 5.41) is 0. The van der Waals surface area contributed by atoms with E-state index in [1.165, 1.54) is 0 Å². The van der Waals surface area contributed by atoms with Gasteiger partial charge in [-0.1, -0.05) is 0 Å². The molecule has 1 rings (SSSR count). The Balaban J connectivity index is 0.000000162. The third-order valence-electron chi connectivity index (χ3n) is 0.425. The van der Waals surface area contributed by atoms with Crippen LogP contribution in [-0.2, 0) is 0 Å². The Labute approximate surface area is 62.7 Å². The van der Waals surface area contributed by atoms with Crippen molar-refractivity contribution in [1.29, 1.82) is 0 Å². The minimum Gasteiger partial charge on any atom is -0.473 e. The van der Waals surface area contributed by atoms with E-state index in [2.05, 4.69) is 32.6 Å². The first-order chi connectivity index (χ1) is 4.50. The quantitative estimate of drug-likeness (QED) is 0.501. The lowest BCUT2D eigenvalue weighted by atomic mass is 10.7. The summed E-state index contributed by atoms with van der Waals surface area (Å²) >= 11 is 0. The average Bonchev–Trinajstić information content (AvgIpc) is 2.07. The van der Waals surface area contributed by atoms with E-state index in [-0.39, 0.29) is 0 Å². The van der Waals surface area contributed by atoms with Crippen LogP contribution in [0.5, 0.6) is 0 Å². The van der Waals surface area contributed by atoms with Crippen molar-refractivity contribution in [2.75, 3.05) is 28.2 Å². The Morgan fingerprint density at radius 3 is 1.30 bits per heavy atom. The van der Waals surface area contributed by atoms with E-state index in [9.17, 15) is 0 Å². The number of rotatable bonds is 0. The first-order valence-corrected chi connectivity index (χ1v) is 3.26. The van der Waals surface area contributed by atoms with Gasteiger partial charge in [-0.15, -0.1) is 0 Å². The molecule has 0 N–H and O–H groups in total. The molecule has 0 fully saturated rings. The molecule has 0 unspecified atom stereocenters. The van der Waals surface area contributed by atoms with E-state index in [0.717, 1.165) is 4.48 Å². The lowest BCUT2D eigenvalue weighted by molar-refractivity contribution is -0.849. The van der Waals surface area contributed by atoms with Crippen LogP contribution in [0.2, 0.25) is 0 Å². The fraction of sp³-hybridized carbons (Fsp3) is 0.500. The van der Waals surface area contributed by atoms with Crippen LogP contribution in [0.15, 0.2) is 29.1 Å². The van der Waals surface area contributed by atoms with Gasteiger partial charge in [0.05, 0.1) is 40.7 Å². The first-order valence-electron chi connectivity index (χ1n) is 3.26. The summed E-state index contributed by atoms with van der Waals surface area (Å²) in [4.78, 5) is 0. The Hall–Kier alpha value is -0.760. The lowest BCUT2D eigenvalue weighted by Gasteiger charge is -2.14. The molecule has 1 aromatic heterocycles. The third-order valence-corrected chi connectivity index (χ3v) is 0.425. The molecule has 0 amide bonds. The van der Waals surface area contributed by atoms with Crippen LogP contribution in [-0.4, -0.2) is 32.7 Å². The second kappa shape index (κ2) is 4.12. The second-order valence-corrected chi connectivity index (χ2v) is 3.48. The molecule has 2 nitrogen and oxygen atoms in total. The summed E-state index contributed by atoms with van der Waals surface area (Å²) in [6.45, 7) is 0. The Morgan fingerprint density at radius 1 is 0.900 bits per heavy atom. The minimum absolute atomic E-state index is 1.00. The number of hydrogen-bond donors (Lipinski definition) is 0. The molecule has 0 radical (unpaired) electrons. The van der Waals surface area contributed by atoms with Gasteiger partial charge in [-0.25, -0.2) is 0 Å². The molecule has 0 bridgehead atoms. The van der Waals surface area contributed by atoms with Crippen LogP contribution >= 0.6 is 0 Å². The van der Waals surface area contributed by atoms with E-state index in [1.807, 2.05) is 12.1 Å². The summed E-state index contributed by atoms with van der Waals surface area (Å²) in [6, 6.07) is 3.67. The summed E-state index contributed by atoms with van der Waals surface area (Å²) < 4.78 is 5.58. The highest BCUT2D eigenvalue weighted by Crippen LogP contribution is 1.79. The third kappa shape index (κ3) is 15.7. The molecule has 0 aliphatic heterocycles. The van der Waals surface area contributed by atoms with Crippen LogP contribution in [0.25, 0.3) is 0 Å². The number of quaternary nitrogens is 1. The lowest BCUT2D eigenvalue weighted by Crippen LogP contribution is -2.27. The molecule has 10 heavy (non-hydrogen) atoms. The predicted octanol–water partition coefficient (Wildman–Crippen LogP) is 1.60. The first kappa shape index (κ1) is 9.24. The largest absolute Gasteiger partial charge is 0.473 e. The Morgan fingerprint density at radius 2 is 1.20 bits per heavy atom. The van der Waals surface area contributed by atoms with Gasteiger partial charge < -0.3 is 8.90 Å². The molecule has 0 atom stereocenters. The molecule has 0 spiro atoms. The molecule has 0 saturated carbocycles. The van der Waals surface area contributed by atoms with Crippen molar-refractivity contribution in [3.63, 3.8) is 0 Å². The van der Waals surface area contributed by atoms with Crippen molar-refractivity contribution < 1.29 is 8.90 Å². The maximum atomic E-state index is 4.58. The van der Waals surface area contributed by atoms with Gasteiger partial charge in [-0.2, -0.15) is 0 Å². The van der Waals surface area contributed by atoms with Gasteiger partial charge in [-0.3, -0.25) is 0 Å². The van der Waals surface area contributed by atoms with Crippen LogP contribution in [0.1, 0.15) is 0 Å². The Bertz CT molecular complexity index is 116. The average molecular weight is 142 g/mol. The molecule has 2 heteroatoms. The van der Waals surface area contributed by atoms with Crippen molar-refractivity contribution in [3.8, 4) is 0 Å². The number of furan rings is 1. The summed E-state index contributed by atoms with van der Waals surface area (Å²) in [7, 11) is 8.50. The summed E-state index contributed by atoms with van der Waals surface area (Å²) in [5.41, 5.74) is 0. The van der Waals surface area contributed by atoms with Crippen LogP contribution in [0.4, 0.5) is 0 Å². The van der Waals surface area contributed by atoms with Crippen molar-refractivity contribution in [2.24, 2.45) is 0 Å². The predicted molar refractivity (Wildman–Crippen MR) is 42.7 cm³/mol. The molecule has 1 aromatic rings. The molecule has 58 valence electrons. The standard InChI is InChI=1S/C4H12N.C4H4O/c1-5(2,3)4;1-2-4-5-3-1/h1-4H3;1-4H/q+1;. The topological polar surface area (TPSA) is 13.1 Å². The molecular weight excluding hydrogens is 126 g/mol. The van der Waals surface area contributed by atoms with Gasteiger partial charge in [0.15, 0.2) is 0 Å². The van der Waals surface area contributed by atoms with Crippen molar-refractivity contribution >= 4 is 0 Å². The maximum Gasteiger partial charge on any atom is 0.0902 e. The second-order valence-electron chi connectivity index (χ2n) is 3.48. The highest BCUT2D eigenvalue weighted by atomic mass is 16.3. The van der Waals surface area contributed by atoms with E-state index in [1.54, 1.807) is 12.5 Å². The zero-order valence-corrected chi connectivity index (χ0v) is 7.16. The monoisotopic (exact) mass is 142 g/mol. The maximum absolute atomic E-state index is 4.58. The molecule has 0 saturated heterocycles. The van der Waals surface area contributed by atoms with Gasteiger partial charge >= 0.3 is 0 Å². The molecule has 1 heterocycles. The van der Waals surface area contributed by atoms with Crippen molar-refractivity contribution in [2.45, 2.75) is 0 Å². The fourth-order valence-corrected chi connectivity index (χ4v) is 0.227. The highest BCUT2D eigenvalue weighted by Gasteiger charge is 1.88. The number of nitrogens with zero attached hydrogens (tertiary/aromatic N) is 1. The van der Waals surface area contributed by atoms with Gasteiger partial charge in [0, 0.05) is 0 Å². The SMILES string of the molecule is C[N+](C)(C)C.c1ccoc1. The zero-order valence-electron chi connectivity index (χ0n) is 7.16. The number of hydrogen-bond acceptors (Lipinski definition) is 1. The van der Waals surface area contributed by atoms with E-state index < -0.39 is 0 Å². The van der Waals surface area contributed by atoms with E-state index in [0.29, 0.717) is 0 Å². The van der Waals surface area contributed by atoms with Gasteiger partial charge in [0.1, 0.15) is 0 Å². The fourth-order valence-electron chi connectivity index (χ4n) is 0.227. The normalized spacial score (nSPS) is 10.0. The smallest absolute Gasteiger partial charge is 0.0902 e. The van der Waals surface area contributed by atoms with Gasteiger partial charge in [-0.05, 0) is 12.1 Å².